The summed E-state index contributed by atoms with van der Waals surface area (Å²) >= 11 is 0. The van der Waals surface area contributed by atoms with Crippen LogP contribution in [0.5, 0.6) is 0 Å². The van der Waals surface area contributed by atoms with Crippen molar-refractivity contribution < 1.29 is 10.0 Å². The summed E-state index contributed by atoms with van der Waals surface area (Å²) in [5, 5.41) is 17.2. The molecule has 84 valence electrons. The first-order valence-corrected chi connectivity index (χ1v) is 6.13. The van der Waals surface area contributed by atoms with Crippen molar-refractivity contribution in [2.45, 2.75) is 71.0 Å². The molecule has 0 aliphatic rings. The average Bonchev–Trinajstić information content (AvgIpc) is 2.15. The minimum atomic E-state index is -1.10. The zero-order valence-electron chi connectivity index (χ0n) is 9.54. The van der Waals surface area contributed by atoms with Gasteiger partial charge >= 0.3 is 7.12 Å². The Morgan fingerprint density at radius 2 is 1.14 bits per heavy atom. The molecule has 0 amide bonds. The van der Waals surface area contributed by atoms with Gasteiger partial charge in [-0.3, -0.25) is 0 Å². The SMILES string of the molecule is CCCCCCCCCCCB(O)O. The number of hydrogen-bond acceptors (Lipinski definition) is 2. The van der Waals surface area contributed by atoms with Crippen molar-refractivity contribution in [1.82, 2.24) is 0 Å². The summed E-state index contributed by atoms with van der Waals surface area (Å²) in [6.07, 6.45) is 12.0. The highest BCUT2D eigenvalue weighted by atomic mass is 16.4. The molecule has 0 rings (SSSR count). The van der Waals surface area contributed by atoms with E-state index in [4.69, 9.17) is 10.0 Å². The maximum atomic E-state index is 8.61. The van der Waals surface area contributed by atoms with E-state index in [0.717, 1.165) is 12.8 Å². The molecule has 0 radical (unpaired) electrons. The van der Waals surface area contributed by atoms with Gasteiger partial charge in [0.05, 0.1) is 0 Å². The second-order valence-electron chi connectivity index (χ2n) is 4.10. The third-order valence-corrected chi connectivity index (χ3v) is 2.57. The predicted molar refractivity (Wildman–Crippen MR) is 62.2 cm³/mol. The maximum Gasteiger partial charge on any atom is 0.451 e. The highest BCUT2D eigenvalue weighted by Gasteiger charge is 2.04. The molecule has 2 nitrogen and oxygen atoms in total. The molecule has 2 N–H and O–H groups in total. The van der Waals surface area contributed by atoms with Crippen LogP contribution in [0.15, 0.2) is 0 Å². The Balaban J connectivity index is 2.85. The van der Waals surface area contributed by atoms with Crippen LogP contribution in [-0.4, -0.2) is 17.2 Å². The van der Waals surface area contributed by atoms with Gasteiger partial charge in [-0.2, -0.15) is 0 Å². The van der Waals surface area contributed by atoms with Gasteiger partial charge in [0.2, 0.25) is 0 Å². The van der Waals surface area contributed by atoms with E-state index < -0.39 is 7.12 Å². The van der Waals surface area contributed by atoms with E-state index in [1.165, 1.54) is 44.9 Å². The predicted octanol–water partition coefficient (Wildman–Crippen LogP) is 2.99. The Kier molecular flexibility index (Phi) is 11.1. The standard InChI is InChI=1S/C11H25BO2/c1-2-3-4-5-6-7-8-9-10-11-12(13)14/h13-14H,2-11H2,1H3. The molecule has 0 saturated heterocycles. The van der Waals surface area contributed by atoms with Gasteiger partial charge in [-0.05, 0) is 6.32 Å². The van der Waals surface area contributed by atoms with E-state index >= 15 is 0 Å². The molecule has 0 aromatic heterocycles. The van der Waals surface area contributed by atoms with Gasteiger partial charge < -0.3 is 10.0 Å². The van der Waals surface area contributed by atoms with Crippen LogP contribution < -0.4 is 0 Å². The summed E-state index contributed by atoms with van der Waals surface area (Å²) in [5.41, 5.74) is 0. The molecular formula is C11H25BO2. The van der Waals surface area contributed by atoms with Gasteiger partial charge in [0.15, 0.2) is 0 Å². The normalized spacial score (nSPS) is 10.5. The molecular weight excluding hydrogens is 175 g/mol. The molecule has 0 aromatic rings. The van der Waals surface area contributed by atoms with Gasteiger partial charge in [0.25, 0.3) is 0 Å². The van der Waals surface area contributed by atoms with E-state index in [2.05, 4.69) is 6.92 Å². The van der Waals surface area contributed by atoms with Crippen LogP contribution in [0.3, 0.4) is 0 Å². The smallest absolute Gasteiger partial charge is 0.427 e. The minimum absolute atomic E-state index is 0.538. The second-order valence-corrected chi connectivity index (χ2v) is 4.10. The summed E-state index contributed by atoms with van der Waals surface area (Å²) in [7, 11) is -1.10. The average molecular weight is 200 g/mol. The Labute approximate surface area is 88.9 Å². The molecule has 0 fully saturated rings. The molecule has 0 aromatic carbocycles. The van der Waals surface area contributed by atoms with E-state index in [0.29, 0.717) is 6.32 Å². The lowest BCUT2D eigenvalue weighted by Gasteiger charge is -2.01. The Hall–Kier alpha value is -0.0151. The summed E-state index contributed by atoms with van der Waals surface area (Å²) in [6.45, 7) is 2.24. The third-order valence-electron chi connectivity index (χ3n) is 2.57. The van der Waals surface area contributed by atoms with Gasteiger partial charge in [-0.1, -0.05) is 64.7 Å². The first kappa shape index (κ1) is 14.0. The lowest BCUT2D eigenvalue weighted by Crippen LogP contribution is -2.09. The first-order valence-electron chi connectivity index (χ1n) is 6.13. The van der Waals surface area contributed by atoms with Crippen molar-refractivity contribution >= 4 is 7.12 Å². The van der Waals surface area contributed by atoms with Crippen LogP contribution in [0.25, 0.3) is 0 Å². The molecule has 0 aliphatic heterocycles. The zero-order chi connectivity index (χ0) is 10.6. The second kappa shape index (κ2) is 11.1. The van der Waals surface area contributed by atoms with Crippen molar-refractivity contribution in [2.75, 3.05) is 0 Å². The van der Waals surface area contributed by atoms with Crippen molar-refractivity contribution in [2.24, 2.45) is 0 Å². The lowest BCUT2D eigenvalue weighted by atomic mass is 9.83. The Bertz CT molecular complexity index is 107. The summed E-state index contributed by atoms with van der Waals surface area (Å²) in [4.78, 5) is 0. The van der Waals surface area contributed by atoms with Crippen molar-refractivity contribution in [1.29, 1.82) is 0 Å². The Morgan fingerprint density at radius 1 is 0.714 bits per heavy atom. The molecule has 0 spiro atoms. The zero-order valence-corrected chi connectivity index (χ0v) is 9.54. The van der Waals surface area contributed by atoms with Crippen molar-refractivity contribution in [3.05, 3.63) is 0 Å². The molecule has 0 heterocycles. The van der Waals surface area contributed by atoms with Crippen molar-refractivity contribution in [3.8, 4) is 0 Å². The van der Waals surface area contributed by atoms with Crippen LogP contribution in [0.4, 0.5) is 0 Å². The molecule has 0 saturated carbocycles. The van der Waals surface area contributed by atoms with E-state index in [1.807, 2.05) is 0 Å². The molecule has 3 heteroatoms. The highest BCUT2D eigenvalue weighted by molar-refractivity contribution is 6.40. The fourth-order valence-electron chi connectivity index (χ4n) is 1.64. The van der Waals surface area contributed by atoms with Crippen LogP contribution in [-0.2, 0) is 0 Å². The van der Waals surface area contributed by atoms with E-state index in [1.54, 1.807) is 0 Å². The van der Waals surface area contributed by atoms with Crippen LogP contribution in [0.2, 0.25) is 6.32 Å². The fraction of sp³-hybridized carbons (Fsp3) is 1.00. The molecule has 0 atom stereocenters. The van der Waals surface area contributed by atoms with E-state index in [-0.39, 0.29) is 0 Å². The summed E-state index contributed by atoms with van der Waals surface area (Å²) in [5.74, 6) is 0. The number of rotatable bonds is 10. The van der Waals surface area contributed by atoms with Crippen molar-refractivity contribution in [3.63, 3.8) is 0 Å². The van der Waals surface area contributed by atoms with E-state index in [9.17, 15) is 0 Å². The summed E-state index contributed by atoms with van der Waals surface area (Å²) in [6, 6.07) is 0. The van der Waals surface area contributed by atoms with Gasteiger partial charge in [-0.15, -0.1) is 0 Å². The third kappa shape index (κ3) is 12.0. The fourth-order valence-corrected chi connectivity index (χ4v) is 1.64. The number of unbranched alkanes of at least 4 members (excludes halogenated alkanes) is 8. The largest absolute Gasteiger partial charge is 0.451 e. The van der Waals surface area contributed by atoms with Crippen LogP contribution in [0, 0.1) is 0 Å². The van der Waals surface area contributed by atoms with Gasteiger partial charge in [-0.25, -0.2) is 0 Å². The quantitative estimate of drug-likeness (QED) is 0.420. The van der Waals surface area contributed by atoms with Crippen LogP contribution in [0.1, 0.15) is 64.7 Å². The maximum absolute atomic E-state index is 8.61. The number of hydrogen-bond donors (Lipinski definition) is 2. The lowest BCUT2D eigenvalue weighted by molar-refractivity contribution is 0.401. The topological polar surface area (TPSA) is 40.5 Å². The monoisotopic (exact) mass is 200 g/mol. The summed E-state index contributed by atoms with van der Waals surface area (Å²) < 4.78 is 0. The molecule has 0 aliphatic carbocycles. The minimum Gasteiger partial charge on any atom is -0.427 e. The van der Waals surface area contributed by atoms with Gasteiger partial charge in [0, 0.05) is 0 Å². The Morgan fingerprint density at radius 3 is 1.57 bits per heavy atom. The van der Waals surface area contributed by atoms with Gasteiger partial charge in [0.1, 0.15) is 0 Å². The first-order chi connectivity index (χ1) is 6.77. The molecule has 14 heavy (non-hydrogen) atoms. The van der Waals surface area contributed by atoms with Crippen LogP contribution >= 0.6 is 0 Å². The molecule has 0 unspecified atom stereocenters. The molecule has 0 bridgehead atoms. The highest BCUT2D eigenvalue weighted by Crippen LogP contribution is 2.10.